The summed E-state index contributed by atoms with van der Waals surface area (Å²) in [5, 5.41) is 8.69. The third-order valence-corrected chi connectivity index (χ3v) is 5.56. The lowest BCUT2D eigenvalue weighted by atomic mass is 9.92. The average Bonchev–Trinajstić information content (AvgIpc) is 3.56. The highest BCUT2D eigenvalue weighted by molar-refractivity contribution is 5.94. The van der Waals surface area contributed by atoms with E-state index in [1.165, 1.54) is 0 Å². The van der Waals surface area contributed by atoms with E-state index < -0.39 is 11.7 Å². The smallest absolute Gasteiger partial charge is 0.367 e. The monoisotopic (exact) mass is 434 g/mol. The van der Waals surface area contributed by atoms with E-state index in [0.29, 0.717) is 24.2 Å². The summed E-state index contributed by atoms with van der Waals surface area (Å²) in [6.45, 7) is 0. The Bertz CT molecular complexity index is 922. The molecule has 0 spiro atoms. The molecule has 2 aromatic rings. The zero-order chi connectivity index (χ0) is 22.0. The molecule has 31 heavy (non-hydrogen) atoms. The van der Waals surface area contributed by atoms with E-state index in [1.54, 1.807) is 24.3 Å². The van der Waals surface area contributed by atoms with Crippen LogP contribution in [0.2, 0.25) is 0 Å². The molecule has 166 valence electrons. The van der Waals surface area contributed by atoms with Crippen molar-refractivity contribution in [2.24, 2.45) is 11.7 Å². The maximum absolute atomic E-state index is 13.4. The van der Waals surface area contributed by atoms with Gasteiger partial charge in [-0.05, 0) is 62.8 Å². The van der Waals surface area contributed by atoms with E-state index in [4.69, 9.17) is 5.73 Å². The fourth-order valence-corrected chi connectivity index (χ4v) is 3.57. The molecule has 1 aromatic carbocycles. The third kappa shape index (κ3) is 5.63. The van der Waals surface area contributed by atoms with Gasteiger partial charge in [-0.3, -0.25) is 4.79 Å². The topological polar surface area (TPSA) is 105 Å². The van der Waals surface area contributed by atoms with Gasteiger partial charge in [0.25, 0.3) is 0 Å². The second-order valence-corrected chi connectivity index (χ2v) is 8.18. The number of aromatic nitrogens is 2. The minimum Gasteiger partial charge on any atom is -0.367 e. The van der Waals surface area contributed by atoms with Crippen LogP contribution in [0.25, 0.3) is 0 Å². The van der Waals surface area contributed by atoms with Crippen LogP contribution in [0.15, 0.2) is 30.5 Å². The van der Waals surface area contributed by atoms with E-state index in [1.807, 2.05) is 0 Å². The molecule has 2 saturated carbocycles. The highest BCUT2D eigenvalue weighted by Gasteiger charge is 2.36. The lowest BCUT2D eigenvalue weighted by molar-refractivity contribution is -0.137. The standard InChI is InChI=1S/C21H25F3N6O/c22-21(23,24)17-11-26-20(30-18(17)27-14-5-3-13(25)4-6-14)29-16-9-7-15(8-10-16)28-19(31)12-1-2-12/h7-14H,1-6,25H2,(H,28,31)(H2,26,27,29,30)/t13-,14-. The van der Waals surface area contributed by atoms with Crippen LogP contribution in [0.1, 0.15) is 44.1 Å². The summed E-state index contributed by atoms with van der Waals surface area (Å²) in [5.41, 5.74) is 6.25. The molecule has 10 heteroatoms. The van der Waals surface area contributed by atoms with E-state index in [0.717, 1.165) is 31.9 Å². The lowest BCUT2D eigenvalue weighted by Gasteiger charge is -2.28. The Morgan fingerprint density at radius 2 is 1.65 bits per heavy atom. The Labute approximate surface area is 178 Å². The number of rotatable bonds is 6. The summed E-state index contributed by atoms with van der Waals surface area (Å²) in [7, 11) is 0. The number of halogens is 3. The van der Waals surface area contributed by atoms with Crippen LogP contribution < -0.4 is 21.7 Å². The van der Waals surface area contributed by atoms with Gasteiger partial charge >= 0.3 is 6.18 Å². The Hall–Kier alpha value is -2.88. The molecular formula is C21H25F3N6O. The molecule has 2 fully saturated rings. The highest BCUT2D eigenvalue weighted by atomic mass is 19.4. The molecule has 0 unspecified atom stereocenters. The van der Waals surface area contributed by atoms with Crippen LogP contribution in [0.3, 0.4) is 0 Å². The van der Waals surface area contributed by atoms with Crippen LogP contribution >= 0.6 is 0 Å². The molecule has 0 atom stereocenters. The van der Waals surface area contributed by atoms with E-state index in [2.05, 4.69) is 25.9 Å². The van der Waals surface area contributed by atoms with Crippen LogP contribution in [0.5, 0.6) is 0 Å². The van der Waals surface area contributed by atoms with Gasteiger partial charge in [0.05, 0.1) is 0 Å². The molecule has 0 bridgehead atoms. The number of hydrogen-bond donors (Lipinski definition) is 4. The molecule has 1 amide bonds. The highest BCUT2D eigenvalue weighted by Crippen LogP contribution is 2.35. The molecule has 7 nitrogen and oxygen atoms in total. The number of hydrogen-bond acceptors (Lipinski definition) is 6. The van der Waals surface area contributed by atoms with Crippen molar-refractivity contribution in [1.29, 1.82) is 0 Å². The number of carbonyl (C=O) groups excluding carboxylic acids is 1. The summed E-state index contributed by atoms with van der Waals surface area (Å²) < 4.78 is 40.3. The van der Waals surface area contributed by atoms with Gasteiger partial charge in [0.1, 0.15) is 11.4 Å². The van der Waals surface area contributed by atoms with Gasteiger partial charge in [0.2, 0.25) is 11.9 Å². The van der Waals surface area contributed by atoms with Gasteiger partial charge in [-0.15, -0.1) is 0 Å². The average molecular weight is 434 g/mol. The van der Waals surface area contributed by atoms with Gasteiger partial charge in [-0.2, -0.15) is 18.2 Å². The molecule has 2 aliphatic rings. The first-order valence-electron chi connectivity index (χ1n) is 10.4. The quantitative estimate of drug-likeness (QED) is 0.541. The normalized spacial score (nSPS) is 21.4. The summed E-state index contributed by atoms with van der Waals surface area (Å²) in [5.74, 6) is -0.0769. The predicted octanol–water partition coefficient (Wildman–Crippen LogP) is 4.27. The van der Waals surface area contributed by atoms with Crippen molar-refractivity contribution in [2.45, 2.75) is 56.8 Å². The number of nitrogens with zero attached hydrogens (tertiary/aromatic N) is 2. The SMILES string of the molecule is N[C@H]1CC[C@H](Nc2nc(Nc3ccc(NC(=O)C4CC4)cc3)ncc2C(F)(F)F)CC1. The number of nitrogens with one attached hydrogen (secondary N) is 3. The maximum atomic E-state index is 13.4. The number of alkyl halides is 3. The van der Waals surface area contributed by atoms with E-state index in [-0.39, 0.29) is 35.7 Å². The molecule has 1 aromatic heterocycles. The van der Waals surface area contributed by atoms with Gasteiger partial charge < -0.3 is 21.7 Å². The second-order valence-electron chi connectivity index (χ2n) is 8.18. The van der Waals surface area contributed by atoms with Crippen molar-refractivity contribution < 1.29 is 18.0 Å². The van der Waals surface area contributed by atoms with Gasteiger partial charge in [-0.25, -0.2) is 4.98 Å². The van der Waals surface area contributed by atoms with Gasteiger partial charge in [-0.1, -0.05) is 0 Å². The van der Waals surface area contributed by atoms with Crippen molar-refractivity contribution >= 4 is 29.0 Å². The van der Waals surface area contributed by atoms with E-state index in [9.17, 15) is 18.0 Å². The zero-order valence-electron chi connectivity index (χ0n) is 16.9. The first-order valence-corrected chi connectivity index (χ1v) is 10.4. The summed E-state index contributed by atoms with van der Waals surface area (Å²) in [6, 6.07) is 6.84. The Morgan fingerprint density at radius 1 is 1.00 bits per heavy atom. The van der Waals surface area contributed by atoms with Crippen molar-refractivity contribution in [2.75, 3.05) is 16.0 Å². The van der Waals surface area contributed by atoms with Crippen molar-refractivity contribution in [3.8, 4) is 0 Å². The number of anilines is 4. The molecule has 1 heterocycles. The number of amides is 1. The lowest BCUT2D eigenvalue weighted by Crippen LogP contribution is -2.33. The predicted molar refractivity (Wildman–Crippen MR) is 112 cm³/mol. The van der Waals surface area contributed by atoms with Crippen molar-refractivity contribution in [3.63, 3.8) is 0 Å². The molecule has 5 N–H and O–H groups in total. The van der Waals surface area contributed by atoms with Gasteiger partial charge in [0.15, 0.2) is 0 Å². The number of nitrogens with two attached hydrogens (primary N) is 1. The molecule has 0 radical (unpaired) electrons. The van der Waals surface area contributed by atoms with Crippen LogP contribution in [0, 0.1) is 5.92 Å². The Morgan fingerprint density at radius 3 is 2.26 bits per heavy atom. The van der Waals surface area contributed by atoms with Crippen LogP contribution in [-0.4, -0.2) is 28.0 Å². The van der Waals surface area contributed by atoms with Crippen LogP contribution in [0.4, 0.5) is 36.3 Å². The fourth-order valence-electron chi connectivity index (χ4n) is 3.57. The second kappa shape index (κ2) is 8.70. The molecule has 0 saturated heterocycles. The Balaban J connectivity index is 1.47. The molecule has 0 aliphatic heterocycles. The number of carbonyl (C=O) groups is 1. The molecule has 2 aliphatic carbocycles. The third-order valence-electron chi connectivity index (χ3n) is 5.56. The molecular weight excluding hydrogens is 409 g/mol. The van der Waals surface area contributed by atoms with Gasteiger partial charge in [0, 0.05) is 35.6 Å². The minimum absolute atomic E-state index is 0.00571. The summed E-state index contributed by atoms with van der Waals surface area (Å²) >= 11 is 0. The largest absolute Gasteiger partial charge is 0.421 e. The number of benzene rings is 1. The summed E-state index contributed by atoms with van der Waals surface area (Å²) in [4.78, 5) is 19.8. The maximum Gasteiger partial charge on any atom is 0.421 e. The van der Waals surface area contributed by atoms with Crippen molar-refractivity contribution in [1.82, 2.24) is 9.97 Å². The first-order chi connectivity index (χ1) is 14.8. The van der Waals surface area contributed by atoms with Crippen molar-refractivity contribution in [3.05, 3.63) is 36.0 Å². The Kier molecular flexibility index (Phi) is 5.99. The minimum atomic E-state index is -4.56. The first kappa shape index (κ1) is 21.4. The van der Waals surface area contributed by atoms with Crippen LogP contribution in [-0.2, 0) is 11.0 Å². The van der Waals surface area contributed by atoms with E-state index >= 15 is 0 Å². The molecule has 4 rings (SSSR count). The zero-order valence-corrected chi connectivity index (χ0v) is 16.9. The fraction of sp³-hybridized carbons (Fsp3) is 0.476. The summed E-state index contributed by atoms with van der Waals surface area (Å²) in [6.07, 6.45) is 0.974.